The predicted molar refractivity (Wildman–Crippen MR) is 79.4 cm³/mol. The van der Waals surface area contributed by atoms with E-state index in [2.05, 4.69) is 10.6 Å². The third kappa shape index (κ3) is 4.16. The van der Waals surface area contributed by atoms with E-state index in [1.807, 2.05) is 6.92 Å². The highest BCUT2D eigenvalue weighted by Crippen LogP contribution is 2.28. The van der Waals surface area contributed by atoms with E-state index in [1.54, 1.807) is 0 Å². The smallest absolute Gasteiger partial charge is 0.251 e. The van der Waals surface area contributed by atoms with Crippen LogP contribution in [0.5, 0.6) is 0 Å². The molecule has 2 N–H and O–H groups in total. The van der Waals surface area contributed by atoms with Crippen LogP contribution >= 0.6 is 0 Å². The number of hydrogen-bond donors (Lipinski definition) is 2. The summed E-state index contributed by atoms with van der Waals surface area (Å²) in [7, 11) is 0. The van der Waals surface area contributed by atoms with E-state index in [1.165, 1.54) is 19.3 Å². The van der Waals surface area contributed by atoms with E-state index in [0.717, 1.165) is 25.0 Å². The minimum absolute atomic E-state index is 0.0284. The van der Waals surface area contributed by atoms with Crippen LogP contribution in [0.2, 0.25) is 0 Å². The van der Waals surface area contributed by atoms with Gasteiger partial charge >= 0.3 is 0 Å². The molecule has 1 saturated carbocycles. The van der Waals surface area contributed by atoms with Gasteiger partial charge in [0.25, 0.3) is 5.91 Å². The molecule has 0 heterocycles. The Kier molecular flexibility index (Phi) is 5.53. The Balaban J connectivity index is 1.93. The highest BCUT2D eigenvalue weighted by Gasteiger charge is 2.18. The molecule has 0 saturated heterocycles. The molecule has 0 bridgehead atoms. The van der Waals surface area contributed by atoms with Crippen molar-refractivity contribution >= 4 is 11.6 Å². The zero-order valence-electron chi connectivity index (χ0n) is 12.3. The second-order valence-corrected chi connectivity index (χ2v) is 5.58. The summed E-state index contributed by atoms with van der Waals surface area (Å²) in [6, 6.07) is 2.17. The van der Waals surface area contributed by atoms with E-state index in [4.69, 9.17) is 0 Å². The van der Waals surface area contributed by atoms with Crippen molar-refractivity contribution in [1.29, 1.82) is 0 Å². The number of anilines is 1. The SMILES string of the molecule is CCCNc1c(F)cc(C(=O)NCCC2CCC2)cc1F. The molecule has 0 aliphatic heterocycles. The molecule has 0 unspecified atom stereocenters. The lowest BCUT2D eigenvalue weighted by atomic mass is 9.83. The molecule has 0 aromatic heterocycles. The van der Waals surface area contributed by atoms with Crippen LogP contribution in [0.1, 0.15) is 49.4 Å². The number of hydrogen-bond acceptors (Lipinski definition) is 2. The topological polar surface area (TPSA) is 41.1 Å². The largest absolute Gasteiger partial charge is 0.380 e. The Bertz CT molecular complexity index is 478. The number of halogens is 2. The van der Waals surface area contributed by atoms with Crippen LogP contribution in [0.25, 0.3) is 0 Å². The van der Waals surface area contributed by atoms with E-state index < -0.39 is 17.5 Å². The van der Waals surface area contributed by atoms with Gasteiger partial charge in [-0.05, 0) is 30.9 Å². The van der Waals surface area contributed by atoms with Gasteiger partial charge in [-0.15, -0.1) is 0 Å². The van der Waals surface area contributed by atoms with Gasteiger partial charge < -0.3 is 10.6 Å². The first kappa shape index (κ1) is 15.7. The van der Waals surface area contributed by atoms with Crippen molar-refractivity contribution in [2.24, 2.45) is 5.92 Å². The van der Waals surface area contributed by atoms with Crippen molar-refractivity contribution in [3.05, 3.63) is 29.3 Å². The molecule has 1 aliphatic carbocycles. The fraction of sp³-hybridized carbons (Fsp3) is 0.562. The van der Waals surface area contributed by atoms with Gasteiger partial charge in [0.1, 0.15) is 17.3 Å². The fourth-order valence-electron chi connectivity index (χ4n) is 2.40. The number of carbonyl (C=O) groups excluding carboxylic acids is 1. The van der Waals surface area contributed by atoms with Gasteiger partial charge in [-0.25, -0.2) is 8.78 Å². The standard InChI is InChI=1S/C16H22F2N2O/c1-2-7-19-15-13(17)9-12(10-14(15)18)16(21)20-8-6-11-4-3-5-11/h9-11,19H,2-8H2,1H3,(H,20,21). The first-order valence-electron chi connectivity index (χ1n) is 7.63. The van der Waals surface area contributed by atoms with Crippen molar-refractivity contribution in [1.82, 2.24) is 5.32 Å². The molecule has 1 fully saturated rings. The van der Waals surface area contributed by atoms with Crippen molar-refractivity contribution in [3.8, 4) is 0 Å². The molecule has 1 aromatic carbocycles. The molecule has 0 radical (unpaired) electrons. The lowest BCUT2D eigenvalue weighted by Crippen LogP contribution is -2.27. The Morgan fingerprint density at radius 2 is 1.90 bits per heavy atom. The van der Waals surface area contributed by atoms with Crippen molar-refractivity contribution in [2.75, 3.05) is 18.4 Å². The molecular formula is C16H22F2N2O. The summed E-state index contributed by atoms with van der Waals surface area (Å²) in [6.45, 7) is 2.95. The van der Waals surface area contributed by atoms with E-state index >= 15 is 0 Å². The second kappa shape index (κ2) is 7.38. The molecule has 116 valence electrons. The highest BCUT2D eigenvalue weighted by atomic mass is 19.1. The minimum atomic E-state index is -0.729. The van der Waals surface area contributed by atoms with Gasteiger partial charge in [-0.1, -0.05) is 26.2 Å². The van der Waals surface area contributed by atoms with Crippen LogP contribution in [-0.4, -0.2) is 19.0 Å². The van der Waals surface area contributed by atoms with Gasteiger partial charge in [0.2, 0.25) is 0 Å². The zero-order valence-corrected chi connectivity index (χ0v) is 12.3. The lowest BCUT2D eigenvalue weighted by Gasteiger charge is -2.25. The third-order valence-electron chi connectivity index (χ3n) is 3.92. The summed E-state index contributed by atoms with van der Waals surface area (Å²) < 4.78 is 27.7. The van der Waals surface area contributed by atoms with E-state index in [-0.39, 0.29) is 11.3 Å². The quantitative estimate of drug-likeness (QED) is 0.805. The number of carbonyl (C=O) groups is 1. The average Bonchev–Trinajstić information content (AvgIpc) is 2.40. The molecule has 1 aromatic rings. The summed E-state index contributed by atoms with van der Waals surface area (Å²) >= 11 is 0. The predicted octanol–water partition coefficient (Wildman–Crippen LogP) is 3.71. The number of nitrogens with one attached hydrogen (secondary N) is 2. The van der Waals surface area contributed by atoms with Crippen LogP contribution < -0.4 is 10.6 Å². The first-order valence-corrected chi connectivity index (χ1v) is 7.63. The van der Waals surface area contributed by atoms with Crippen LogP contribution in [0, 0.1) is 17.6 Å². The Morgan fingerprint density at radius 3 is 2.43 bits per heavy atom. The third-order valence-corrected chi connectivity index (χ3v) is 3.92. The number of benzene rings is 1. The zero-order chi connectivity index (χ0) is 15.2. The molecule has 1 aliphatic rings. The van der Waals surface area contributed by atoms with Crippen molar-refractivity contribution in [3.63, 3.8) is 0 Å². The summed E-state index contributed by atoms with van der Waals surface area (Å²) in [4.78, 5) is 11.9. The second-order valence-electron chi connectivity index (χ2n) is 5.58. The maximum atomic E-state index is 13.8. The molecule has 0 atom stereocenters. The Morgan fingerprint density at radius 1 is 1.24 bits per heavy atom. The van der Waals surface area contributed by atoms with Crippen LogP contribution in [0.15, 0.2) is 12.1 Å². The van der Waals surface area contributed by atoms with Gasteiger partial charge in [-0.2, -0.15) is 0 Å². The summed E-state index contributed by atoms with van der Waals surface area (Å²) in [5, 5.41) is 5.41. The summed E-state index contributed by atoms with van der Waals surface area (Å²) in [5.74, 6) is -1.19. The van der Waals surface area contributed by atoms with Crippen LogP contribution in [-0.2, 0) is 0 Å². The maximum absolute atomic E-state index is 13.8. The Labute approximate surface area is 124 Å². The van der Waals surface area contributed by atoms with Crippen molar-refractivity contribution in [2.45, 2.75) is 39.0 Å². The molecule has 3 nitrogen and oxygen atoms in total. The molecule has 21 heavy (non-hydrogen) atoms. The highest BCUT2D eigenvalue weighted by molar-refractivity contribution is 5.94. The number of amides is 1. The van der Waals surface area contributed by atoms with Crippen LogP contribution in [0.4, 0.5) is 14.5 Å². The van der Waals surface area contributed by atoms with Gasteiger partial charge in [0.15, 0.2) is 0 Å². The van der Waals surface area contributed by atoms with Gasteiger partial charge in [0, 0.05) is 18.7 Å². The normalized spacial score (nSPS) is 14.6. The lowest BCUT2D eigenvalue weighted by molar-refractivity contribution is 0.0948. The average molecular weight is 296 g/mol. The summed E-state index contributed by atoms with van der Waals surface area (Å²) in [6.07, 6.45) is 5.41. The van der Waals surface area contributed by atoms with Crippen LogP contribution in [0.3, 0.4) is 0 Å². The first-order chi connectivity index (χ1) is 10.1. The Hall–Kier alpha value is -1.65. The van der Waals surface area contributed by atoms with Crippen molar-refractivity contribution < 1.29 is 13.6 Å². The van der Waals surface area contributed by atoms with E-state index in [9.17, 15) is 13.6 Å². The minimum Gasteiger partial charge on any atom is -0.380 e. The van der Waals surface area contributed by atoms with Gasteiger partial charge in [-0.3, -0.25) is 4.79 Å². The number of rotatable bonds is 7. The van der Waals surface area contributed by atoms with Gasteiger partial charge in [0.05, 0.1) is 0 Å². The maximum Gasteiger partial charge on any atom is 0.251 e. The molecular weight excluding hydrogens is 274 g/mol. The molecule has 1 amide bonds. The molecule has 0 spiro atoms. The molecule has 5 heteroatoms. The summed E-state index contributed by atoms with van der Waals surface area (Å²) in [5.41, 5.74) is -0.136. The monoisotopic (exact) mass is 296 g/mol. The fourth-order valence-corrected chi connectivity index (χ4v) is 2.40. The van der Waals surface area contributed by atoms with E-state index in [0.29, 0.717) is 19.0 Å². The molecule has 2 rings (SSSR count).